The Labute approximate surface area is 119 Å². The summed E-state index contributed by atoms with van der Waals surface area (Å²) in [6.45, 7) is 5.17. The lowest BCUT2D eigenvalue weighted by atomic mass is 9.80. The molecule has 2 N–H and O–H groups in total. The molecule has 1 saturated carbocycles. The van der Waals surface area contributed by atoms with Gasteiger partial charge in [-0.15, -0.1) is 0 Å². The number of ketones is 1. The average Bonchev–Trinajstić information content (AvgIpc) is 2.27. The van der Waals surface area contributed by atoms with E-state index >= 15 is 0 Å². The van der Waals surface area contributed by atoms with Crippen molar-refractivity contribution in [3.63, 3.8) is 0 Å². The van der Waals surface area contributed by atoms with Crippen LogP contribution in [0.5, 0.6) is 0 Å². The minimum Gasteiger partial charge on any atom is -0.444 e. The van der Waals surface area contributed by atoms with Gasteiger partial charge in [0.15, 0.2) is 5.78 Å². The summed E-state index contributed by atoms with van der Waals surface area (Å²) < 4.78 is 5.10. The van der Waals surface area contributed by atoms with Crippen LogP contribution in [0.3, 0.4) is 0 Å². The zero-order chi connectivity index (χ0) is 15.3. The summed E-state index contributed by atoms with van der Waals surface area (Å²) in [5, 5.41) is 20.4. The maximum Gasteiger partial charge on any atom is 0.408 e. The van der Waals surface area contributed by atoms with E-state index in [4.69, 9.17) is 10.00 Å². The predicted octanol–water partition coefficient (Wildman–Crippen LogP) is 1.52. The first-order valence-electron chi connectivity index (χ1n) is 6.84. The minimum atomic E-state index is -1.71. The summed E-state index contributed by atoms with van der Waals surface area (Å²) in [7, 11) is 0. The quantitative estimate of drug-likeness (QED) is 0.745. The highest BCUT2D eigenvalue weighted by Crippen LogP contribution is 2.30. The third kappa shape index (κ3) is 5.17. The van der Waals surface area contributed by atoms with Gasteiger partial charge >= 0.3 is 6.09 Å². The number of nitrogens with one attached hydrogen (secondary N) is 1. The molecule has 0 aliphatic heterocycles. The van der Waals surface area contributed by atoms with Crippen molar-refractivity contribution in [2.24, 2.45) is 5.92 Å². The largest absolute Gasteiger partial charge is 0.444 e. The lowest BCUT2D eigenvalue weighted by Crippen LogP contribution is -2.48. The first-order valence-corrected chi connectivity index (χ1v) is 6.84. The van der Waals surface area contributed by atoms with E-state index in [1.165, 1.54) is 6.07 Å². The van der Waals surface area contributed by atoms with E-state index in [9.17, 15) is 14.7 Å². The van der Waals surface area contributed by atoms with Gasteiger partial charge in [-0.1, -0.05) is 19.3 Å². The van der Waals surface area contributed by atoms with Crippen LogP contribution in [0.4, 0.5) is 4.79 Å². The van der Waals surface area contributed by atoms with Crippen molar-refractivity contribution in [1.82, 2.24) is 5.32 Å². The predicted molar refractivity (Wildman–Crippen MR) is 71.7 cm³/mol. The summed E-state index contributed by atoms with van der Waals surface area (Å²) in [5.41, 5.74) is -0.665. The SMILES string of the molecule is CC(C)(C)OC(=O)NC(CC1CCC1)C(=O)C(O)C#N. The lowest BCUT2D eigenvalue weighted by molar-refractivity contribution is -0.127. The van der Waals surface area contributed by atoms with Gasteiger partial charge in [0.05, 0.1) is 6.04 Å². The second-order valence-corrected chi connectivity index (χ2v) is 6.17. The number of Topliss-reactive ketones (excluding diaryl/α,β-unsaturated/α-hetero) is 1. The summed E-state index contributed by atoms with van der Waals surface area (Å²) in [6.07, 6.45) is 1.14. The van der Waals surface area contributed by atoms with Gasteiger partial charge in [-0.25, -0.2) is 4.79 Å². The molecule has 1 amide bonds. The molecule has 0 radical (unpaired) electrons. The molecule has 1 rings (SSSR count). The molecule has 0 aromatic carbocycles. The van der Waals surface area contributed by atoms with Crippen molar-refractivity contribution in [2.75, 3.05) is 0 Å². The van der Waals surface area contributed by atoms with E-state index in [0.717, 1.165) is 19.3 Å². The summed E-state index contributed by atoms with van der Waals surface area (Å²) in [5.74, 6) is -0.324. The number of nitrogens with zero attached hydrogens (tertiary/aromatic N) is 1. The maximum absolute atomic E-state index is 11.9. The van der Waals surface area contributed by atoms with Crippen molar-refractivity contribution in [3.8, 4) is 6.07 Å². The van der Waals surface area contributed by atoms with Crippen LogP contribution < -0.4 is 5.32 Å². The smallest absolute Gasteiger partial charge is 0.408 e. The number of rotatable bonds is 5. The minimum absolute atomic E-state index is 0.352. The Balaban J connectivity index is 2.64. The fourth-order valence-corrected chi connectivity index (χ4v) is 2.01. The monoisotopic (exact) mass is 282 g/mol. The molecule has 112 valence electrons. The Morgan fingerprint density at radius 3 is 2.45 bits per heavy atom. The topological polar surface area (TPSA) is 99.4 Å². The molecule has 2 unspecified atom stereocenters. The molecular formula is C14H22N2O4. The summed E-state index contributed by atoms with van der Waals surface area (Å²) in [6, 6.07) is 0.619. The summed E-state index contributed by atoms with van der Waals surface area (Å²) >= 11 is 0. The number of ether oxygens (including phenoxy) is 1. The van der Waals surface area contributed by atoms with Gasteiger partial charge in [-0.3, -0.25) is 4.79 Å². The van der Waals surface area contributed by atoms with Gasteiger partial charge < -0.3 is 15.2 Å². The second kappa shape index (κ2) is 6.71. The van der Waals surface area contributed by atoms with Crippen molar-refractivity contribution in [3.05, 3.63) is 0 Å². The highest BCUT2D eigenvalue weighted by atomic mass is 16.6. The highest BCUT2D eigenvalue weighted by Gasteiger charge is 2.32. The Bertz CT molecular complexity index is 404. The zero-order valence-electron chi connectivity index (χ0n) is 12.2. The number of aliphatic hydroxyl groups excluding tert-OH is 1. The van der Waals surface area contributed by atoms with E-state index in [2.05, 4.69) is 5.32 Å². The van der Waals surface area contributed by atoms with Crippen LogP contribution in [0.2, 0.25) is 0 Å². The molecule has 6 heteroatoms. The first kappa shape index (κ1) is 16.4. The van der Waals surface area contributed by atoms with Gasteiger partial charge in [0.2, 0.25) is 6.10 Å². The molecule has 0 aromatic rings. The molecular weight excluding hydrogens is 260 g/mol. The standard InChI is InChI=1S/C14H22N2O4/c1-14(2,3)20-13(19)16-10(7-9-5-4-6-9)12(18)11(17)8-15/h9-11,17H,4-7H2,1-3H3,(H,16,19). The molecule has 0 spiro atoms. The second-order valence-electron chi connectivity index (χ2n) is 6.17. The van der Waals surface area contributed by atoms with Crippen LogP contribution in [-0.2, 0) is 9.53 Å². The molecule has 2 atom stereocenters. The molecule has 20 heavy (non-hydrogen) atoms. The number of hydrogen-bond donors (Lipinski definition) is 2. The highest BCUT2D eigenvalue weighted by molar-refractivity contribution is 5.92. The number of alkyl carbamates (subject to hydrolysis) is 1. The van der Waals surface area contributed by atoms with Gasteiger partial charge in [-0.05, 0) is 33.1 Å². The number of amides is 1. The number of carbonyl (C=O) groups is 2. The van der Waals surface area contributed by atoms with Gasteiger partial charge in [-0.2, -0.15) is 5.26 Å². The average molecular weight is 282 g/mol. The summed E-state index contributed by atoms with van der Waals surface area (Å²) in [4.78, 5) is 23.6. The van der Waals surface area contributed by atoms with Crippen molar-refractivity contribution in [2.45, 2.75) is 64.2 Å². The molecule has 0 saturated heterocycles. The molecule has 0 aromatic heterocycles. The van der Waals surface area contributed by atoms with Crippen molar-refractivity contribution < 1.29 is 19.4 Å². The number of hydrogen-bond acceptors (Lipinski definition) is 5. The fraction of sp³-hybridized carbons (Fsp3) is 0.786. The Morgan fingerprint density at radius 1 is 1.45 bits per heavy atom. The van der Waals surface area contributed by atoms with Crippen LogP contribution >= 0.6 is 0 Å². The van der Waals surface area contributed by atoms with E-state index in [1.807, 2.05) is 0 Å². The van der Waals surface area contributed by atoms with Crippen LogP contribution in [0, 0.1) is 17.2 Å². The van der Waals surface area contributed by atoms with Crippen LogP contribution in [0.15, 0.2) is 0 Å². The van der Waals surface area contributed by atoms with Gasteiger partial charge in [0, 0.05) is 0 Å². The Hall–Kier alpha value is -1.61. The third-order valence-electron chi connectivity index (χ3n) is 3.22. The van der Waals surface area contributed by atoms with Gasteiger partial charge in [0.25, 0.3) is 0 Å². The number of carbonyl (C=O) groups excluding carboxylic acids is 2. The normalized spacial score (nSPS) is 18.4. The van der Waals surface area contributed by atoms with E-state index < -0.39 is 29.6 Å². The molecule has 6 nitrogen and oxygen atoms in total. The van der Waals surface area contributed by atoms with E-state index in [-0.39, 0.29) is 0 Å². The Morgan fingerprint density at radius 2 is 2.05 bits per heavy atom. The Kier molecular flexibility index (Phi) is 5.52. The van der Waals surface area contributed by atoms with Crippen LogP contribution in [-0.4, -0.2) is 34.7 Å². The van der Waals surface area contributed by atoms with Crippen LogP contribution in [0.25, 0.3) is 0 Å². The number of nitriles is 1. The molecule has 0 bridgehead atoms. The van der Waals surface area contributed by atoms with Crippen molar-refractivity contribution in [1.29, 1.82) is 5.26 Å². The lowest BCUT2D eigenvalue weighted by Gasteiger charge is -2.30. The van der Waals surface area contributed by atoms with E-state index in [0.29, 0.717) is 12.3 Å². The number of aliphatic hydroxyl groups is 1. The van der Waals surface area contributed by atoms with Crippen LogP contribution in [0.1, 0.15) is 46.5 Å². The maximum atomic E-state index is 11.9. The van der Waals surface area contributed by atoms with Gasteiger partial charge in [0.1, 0.15) is 11.7 Å². The fourth-order valence-electron chi connectivity index (χ4n) is 2.01. The molecule has 0 heterocycles. The first-order chi connectivity index (χ1) is 9.23. The molecule has 1 fully saturated rings. The molecule has 1 aliphatic rings. The van der Waals surface area contributed by atoms with E-state index in [1.54, 1.807) is 20.8 Å². The third-order valence-corrected chi connectivity index (χ3v) is 3.22. The van der Waals surface area contributed by atoms with Crippen molar-refractivity contribution >= 4 is 11.9 Å². The zero-order valence-corrected chi connectivity index (χ0v) is 12.2. The molecule has 1 aliphatic carbocycles.